The number of oxime groups is 1. The van der Waals surface area contributed by atoms with E-state index in [2.05, 4.69) is 17.3 Å². The fourth-order valence-electron chi connectivity index (χ4n) is 3.30. The zero-order valence-corrected chi connectivity index (χ0v) is 11.7. The van der Waals surface area contributed by atoms with Crippen LogP contribution in [0.25, 0.3) is 0 Å². The van der Waals surface area contributed by atoms with Gasteiger partial charge in [0, 0.05) is 17.4 Å². The van der Waals surface area contributed by atoms with Crippen LogP contribution in [0, 0.1) is 11.8 Å². The average molecular weight is 291 g/mol. The molecule has 0 saturated carbocycles. The van der Waals surface area contributed by atoms with E-state index in [4.69, 9.17) is 4.84 Å². The molecule has 0 radical (unpaired) electrons. The monoisotopic (exact) mass is 291 g/mol. The highest BCUT2D eigenvalue weighted by molar-refractivity contribution is 6.23. The molecule has 1 aromatic rings. The predicted molar refractivity (Wildman–Crippen MR) is 81.2 cm³/mol. The molecule has 2 bridgehead atoms. The minimum atomic E-state index is -0.501. The van der Waals surface area contributed by atoms with Crippen LogP contribution in [0.1, 0.15) is 16.8 Å². The Labute approximate surface area is 127 Å². The lowest BCUT2D eigenvalue weighted by Crippen LogP contribution is -2.18. The molecule has 22 heavy (non-hydrogen) atoms. The maximum Gasteiger partial charge on any atom is 0.365 e. The van der Waals surface area contributed by atoms with Crippen molar-refractivity contribution in [2.75, 3.05) is 0 Å². The number of hydrogen-bond acceptors (Lipinski definition) is 4. The molecule has 0 N–H and O–H groups in total. The molecule has 4 heteroatoms. The molecule has 0 aliphatic heterocycles. The lowest BCUT2D eigenvalue weighted by molar-refractivity contribution is -0.111. The van der Waals surface area contributed by atoms with E-state index in [-0.39, 0.29) is 17.6 Å². The molecule has 0 spiro atoms. The molecule has 3 aliphatic rings. The summed E-state index contributed by atoms with van der Waals surface area (Å²) in [4.78, 5) is 29.0. The summed E-state index contributed by atoms with van der Waals surface area (Å²) >= 11 is 0. The van der Waals surface area contributed by atoms with Gasteiger partial charge >= 0.3 is 5.97 Å². The van der Waals surface area contributed by atoms with E-state index in [1.807, 2.05) is 6.07 Å². The fraction of sp³-hybridized carbons (Fsp3) is 0.167. The molecule has 2 atom stereocenters. The van der Waals surface area contributed by atoms with Gasteiger partial charge in [0.05, 0.1) is 5.56 Å². The van der Waals surface area contributed by atoms with Crippen LogP contribution in [0.5, 0.6) is 0 Å². The largest absolute Gasteiger partial charge is 0.365 e. The molecule has 0 aromatic heterocycles. The zero-order valence-electron chi connectivity index (χ0n) is 11.7. The second-order valence-electron chi connectivity index (χ2n) is 5.58. The van der Waals surface area contributed by atoms with E-state index in [0.717, 1.165) is 17.6 Å². The van der Waals surface area contributed by atoms with Crippen LogP contribution in [0.15, 0.2) is 70.9 Å². The summed E-state index contributed by atoms with van der Waals surface area (Å²) < 4.78 is 0. The first-order valence-electron chi connectivity index (χ1n) is 7.23. The van der Waals surface area contributed by atoms with E-state index < -0.39 is 5.97 Å². The lowest BCUT2D eigenvalue weighted by Gasteiger charge is -2.17. The molecular formula is C18H13NO3. The first-order chi connectivity index (χ1) is 10.7. The standard InChI is InChI=1S/C18H13NO3/c20-15-9-8-14(16-12-6-7-13(10-12)17(15)16)19-22-18(21)11-4-2-1-3-5-11/h1-9,12-13H,10H2/b19-14-/t12-,13-/m0/s1. The van der Waals surface area contributed by atoms with E-state index in [1.165, 1.54) is 6.08 Å². The Balaban J connectivity index is 1.60. The minimum Gasteiger partial charge on any atom is -0.312 e. The topological polar surface area (TPSA) is 55.7 Å². The van der Waals surface area contributed by atoms with Crippen LogP contribution in [0.2, 0.25) is 0 Å². The Morgan fingerprint density at radius 2 is 1.77 bits per heavy atom. The molecule has 0 saturated heterocycles. The number of benzene rings is 1. The second-order valence-corrected chi connectivity index (χ2v) is 5.58. The van der Waals surface area contributed by atoms with Crippen LogP contribution in [0.4, 0.5) is 0 Å². The van der Waals surface area contributed by atoms with Gasteiger partial charge in [-0.1, -0.05) is 35.5 Å². The maximum atomic E-state index is 12.0. The summed E-state index contributed by atoms with van der Waals surface area (Å²) in [5.74, 6) is -0.0602. The first kappa shape index (κ1) is 13.0. The SMILES string of the molecule is O=C1C=C/C(=N/OC(=O)c2ccccc2)C2=C1[C@H]1C=C[C@H]2C1. The third-order valence-corrected chi connectivity index (χ3v) is 4.29. The first-order valence-corrected chi connectivity index (χ1v) is 7.23. The number of ketones is 1. The van der Waals surface area contributed by atoms with Crippen LogP contribution < -0.4 is 0 Å². The summed E-state index contributed by atoms with van der Waals surface area (Å²) in [5, 5.41) is 3.99. The summed E-state index contributed by atoms with van der Waals surface area (Å²) in [6.07, 6.45) is 8.24. The van der Waals surface area contributed by atoms with Crippen molar-refractivity contribution >= 4 is 17.5 Å². The second kappa shape index (κ2) is 4.91. The van der Waals surface area contributed by atoms with E-state index in [0.29, 0.717) is 11.3 Å². The third-order valence-electron chi connectivity index (χ3n) is 4.29. The molecule has 4 nitrogen and oxygen atoms in total. The molecule has 0 unspecified atom stereocenters. The Kier molecular flexibility index (Phi) is 2.89. The van der Waals surface area contributed by atoms with Gasteiger partial charge < -0.3 is 4.84 Å². The van der Waals surface area contributed by atoms with Gasteiger partial charge in [-0.05, 0) is 36.3 Å². The molecular weight excluding hydrogens is 278 g/mol. The Hall–Kier alpha value is -2.75. The molecule has 108 valence electrons. The van der Waals surface area contributed by atoms with Gasteiger partial charge in [0.15, 0.2) is 5.78 Å². The van der Waals surface area contributed by atoms with E-state index >= 15 is 0 Å². The van der Waals surface area contributed by atoms with Gasteiger partial charge in [0.2, 0.25) is 0 Å². The van der Waals surface area contributed by atoms with Crippen molar-refractivity contribution in [2.24, 2.45) is 17.0 Å². The Morgan fingerprint density at radius 3 is 2.55 bits per heavy atom. The van der Waals surface area contributed by atoms with Crippen molar-refractivity contribution in [3.63, 3.8) is 0 Å². The molecule has 3 aliphatic carbocycles. The maximum absolute atomic E-state index is 12.0. The van der Waals surface area contributed by atoms with Gasteiger partial charge in [-0.15, -0.1) is 0 Å². The number of fused-ring (bicyclic) bond motifs is 4. The van der Waals surface area contributed by atoms with Gasteiger partial charge in [-0.25, -0.2) is 4.79 Å². The third kappa shape index (κ3) is 1.96. The number of carbonyl (C=O) groups excluding carboxylic acids is 2. The lowest BCUT2D eigenvalue weighted by atomic mass is 9.87. The van der Waals surface area contributed by atoms with Gasteiger partial charge in [-0.3, -0.25) is 4.79 Å². The van der Waals surface area contributed by atoms with Crippen molar-refractivity contribution in [3.8, 4) is 0 Å². The summed E-state index contributed by atoms with van der Waals surface area (Å²) in [6, 6.07) is 8.72. The zero-order chi connectivity index (χ0) is 15.1. The van der Waals surface area contributed by atoms with E-state index in [9.17, 15) is 9.59 Å². The van der Waals surface area contributed by atoms with Crippen molar-refractivity contribution in [3.05, 3.63) is 71.3 Å². The quantitative estimate of drug-likeness (QED) is 0.364. The van der Waals surface area contributed by atoms with Crippen LogP contribution >= 0.6 is 0 Å². The Morgan fingerprint density at radius 1 is 1.05 bits per heavy atom. The molecule has 1 aromatic carbocycles. The molecule has 0 amide bonds. The van der Waals surface area contributed by atoms with Crippen LogP contribution in [-0.2, 0) is 9.63 Å². The molecule has 4 rings (SSSR count). The summed E-state index contributed by atoms with van der Waals surface area (Å²) in [7, 11) is 0. The molecule has 0 fully saturated rings. The number of allylic oxidation sites excluding steroid dienone is 6. The summed E-state index contributed by atoms with van der Waals surface area (Å²) in [6.45, 7) is 0. The van der Waals surface area contributed by atoms with E-state index in [1.54, 1.807) is 30.3 Å². The molecule has 0 heterocycles. The Bertz CT molecular complexity index is 784. The van der Waals surface area contributed by atoms with Crippen LogP contribution in [0.3, 0.4) is 0 Å². The van der Waals surface area contributed by atoms with Crippen molar-refractivity contribution in [1.29, 1.82) is 0 Å². The minimum absolute atomic E-state index is 0.0418. The summed E-state index contributed by atoms with van der Waals surface area (Å²) in [5.41, 5.74) is 2.76. The van der Waals surface area contributed by atoms with Gasteiger partial charge in [0.25, 0.3) is 0 Å². The fourth-order valence-corrected chi connectivity index (χ4v) is 3.30. The van der Waals surface area contributed by atoms with Gasteiger partial charge in [0.1, 0.15) is 5.71 Å². The van der Waals surface area contributed by atoms with Crippen molar-refractivity contribution in [2.45, 2.75) is 6.42 Å². The van der Waals surface area contributed by atoms with Gasteiger partial charge in [-0.2, -0.15) is 0 Å². The number of carbonyl (C=O) groups is 2. The normalized spacial score (nSPS) is 26.7. The van der Waals surface area contributed by atoms with Crippen molar-refractivity contribution < 1.29 is 14.4 Å². The van der Waals surface area contributed by atoms with Crippen LogP contribution in [-0.4, -0.2) is 17.5 Å². The number of hydrogen-bond donors (Lipinski definition) is 0. The predicted octanol–water partition coefficient (Wildman–Crippen LogP) is 2.84. The average Bonchev–Trinajstić information content (AvgIpc) is 3.17. The number of rotatable bonds is 2. The highest BCUT2D eigenvalue weighted by Crippen LogP contribution is 2.46. The number of nitrogens with zero attached hydrogens (tertiary/aromatic N) is 1. The smallest absolute Gasteiger partial charge is 0.312 e. The highest BCUT2D eigenvalue weighted by atomic mass is 16.7. The highest BCUT2D eigenvalue weighted by Gasteiger charge is 2.41. The van der Waals surface area contributed by atoms with Crippen molar-refractivity contribution in [1.82, 2.24) is 0 Å².